The average molecular weight is 317 g/mol. The number of nitrogens with one attached hydrogen (secondary N) is 1. The normalized spacial score (nSPS) is 19.4. The van der Waals surface area contributed by atoms with Crippen LogP contribution in [0.4, 0.5) is 4.79 Å². The number of hydrogen-bond acceptors (Lipinski definition) is 3. The molecule has 3 amide bonds. The number of piperidine rings is 1. The molecule has 1 N–H and O–H groups in total. The van der Waals surface area contributed by atoms with Crippen LogP contribution in [0, 0.1) is 0 Å². The third kappa shape index (κ3) is 3.41. The summed E-state index contributed by atoms with van der Waals surface area (Å²) in [5.74, 6) is 0.797. The van der Waals surface area contributed by atoms with Crippen LogP contribution in [0.3, 0.4) is 0 Å². The van der Waals surface area contributed by atoms with Crippen molar-refractivity contribution in [3.63, 3.8) is 0 Å². The summed E-state index contributed by atoms with van der Waals surface area (Å²) in [4.78, 5) is 28.3. The molecule has 23 heavy (non-hydrogen) atoms. The molecule has 2 heterocycles. The maximum absolute atomic E-state index is 12.5. The van der Waals surface area contributed by atoms with Gasteiger partial charge in [0.25, 0.3) is 5.91 Å². The molecule has 0 unspecified atom stereocenters. The Hall–Kier alpha value is -2.24. The van der Waals surface area contributed by atoms with Crippen molar-refractivity contribution in [3.8, 4) is 5.75 Å². The van der Waals surface area contributed by atoms with Gasteiger partial charge < -0.3 is 19.9 Å². The maximum Gasteiger partial charge on any atom is 0.317 e. The minimum atomic E-state index is 0.0381. The van der Waals surface area contributed by atoms with E-state index in [0.29, 0.717) is 18.7 Å². The average Bonchev–Trinajstić information content (AvgIpc) is 2.62. The van der Waals surface area contributed by atoms with Gasteiger partial charge in [-0.3, -0.25) is 4.79 Å². The standard InChI is InChI=1S/C17H23N3O3/c1-23-15-5-3-13(4-6-15)16(21)19-11-7-14(8-12-19)20-10-2-9-18-17(20)22/h3-6,14H,2,7-12H2,1H3,(H,18,22). The minimum Gasteiger partial charge on any atom is -0.497 e. The second-order valence-corrected chi connectivity index (χ2v) is 6.03. The lowest BCUT2D eigenvalue weighted by molar-refractivity contribution is 0.0642. The van der Waals surface area contributed by atoms with Gasteiger partial charge in [0.05, 0.1) is 7.11 Å². The quantitative estimate of drug-likeness (QED) is 0.923. The van der Waals surface area contributed by atoms with Gasteiger partial charge in [-0.25, -0.2) is 4.79 Å². The van der Waals surface area contributed by atoms with Crippen molar-refractivity contribution in [2.45, 2.75) is 25.3 Å². The number of methoxy groups -OCH3 is 1. The maximum atomic E-state index is 12.5. The van der Waals surface area contributed by atoms with Crippen LogP contribution >= 0.6 is 0 Å². The van der Waals surface area contributed by atoms with Crippen LogP contribution in [-0.4, -0.2) is 61.1 Å². The molecule has 0 saturated carbocycles. The zero-order valence-corrected chi connectivity index (χ0v) is 13.5. The predicted molar refractivity (Wildman–Crippen MR) is 86.6 cm³/mol. The Balaban J connectivity index is 1.57. The van der Waals surface area contributed by atoms with E-state index in [0.717, 1.165) is 38.1 Å². The highest BCUT2D eigenvalue weighted by atomic mass is 16.5. The molecule has 1 aromatic carbocycles. The largest absolute Gasteiger partial charge is 0.497 e. The monoisotopic (exact) mass is 317 g/mol. The lowest BCUT2D eigenvalue weighted by atomic mass is 10.0. The molecule has 6 nitrogen and oxygen atoms in total. The van der Waals surface area contributed by atoms with Crippen molar-refractivity contribution >= 4 is 11.9 Å². The van der Waals surface area contributed by atoms with Crippen LogP contribution in [0.5, 0.6) is 5.75 Å². The summed E-state index contributed by atoms with van der Waals surface area (Å²) in [6.45, 7) is 2.98. The van der Waals surface area contributed by atoms with Gasteiger partial charge in [0, 0.05) is 37.8 Å². The number of benzene rings is 1. The molecule has 2 saturated heterocycles. The van der Waals surface area contributed by atoms with Crippen molar-refractivity contribution in [1.29, 1.82) is 0 Å². The Labute approximate surface area is 136 Å². The van der Waals surface area contributed by atoms with Crippen molar-refractivity contribution in [3.05, 3.63) is 29.8 Å². The summed E-state index contributed by atoms with van der Waals surface area (Å²) in [6, 6.07) is 7.48. The lowest BCUT2D eigenvalue weighted by Gasteiger charge is -2.40. The predicted octanol–water partition coefficient (Wildman–Crippen LogP) is 1.72. The van der Waals surface area contributed by atoms with Gasteiger partial charge >= 0.3 is 6.03 Å². The highest BCUT2D eigenvalue weighted by molar-refractivity contribution is 5.94. The second-order valence-electron chi connectivity index (χ2n) is 6.03. The van der Waals surface area contributed by atoms with Crippen molar-refractivity contribution < 1.29 is 14.3 Å². The number of amides is 3. The van der Waals surface area contributed by atoms with E-state index in [1.807, 2.05) is 9.80 Å². The molecule has 0 radical (unpaired) electrons. The van der Waals surface area contributed by atoms with Crippen LogP contribution in [0.1, 0.15) is 29.6 Å². The van der Waals surface area contributed by atoms with Crippen LogP contribution in [0.15, 0.2) is 24.3 Å². The Morgan fingerprint density at radius 3 is 2.48 bits per heavy atom. The zero-order valence-electron chi connectivity index (χ0n) is 13.5. The molecule has 124 valence electrons. The highest BCUT2D eigenvalue weighted by Crippen LogP contribution is 2.21. The second kappa shape index (κ2) is 6.89. The Kier molecular flexibility index (Phi) is 4.69. The van der Waals surface area contributed by atoms with Crippen molar-refractivity contribution in [1.82, 2.24) is 15.1 Å². The van der Waals surface area contributed by atoms with E-state index in [4.69, 9.17) is 4.74 Å². The molecule has 0 spiro atoms. The van der Waals surface area contributed by atoms with E-state index in [1.54, 1.807) is 31.4 Å². The molecule has 1 aromatic rings. The molecule has 2 aliphatic heterocycles. The van der Waals surface area contributed by atoms with Crippen molar-refractivity contribution in [2.75, 3.05) is 33.3 Å². The summed E-state index contributed by atoms with van der Waals surface area (Å²) >= 11 is 0. The molecule has 6 heteroatoms. The molecule has 0 atom stereocenters. The smallest absolute Gasteiger partial charge is 0.317 e. The first kappa shape index (κ1) is 15.6. The first-order valence-corrected chi connectivity index (χ1v) is 8.17. The van der Waals surface area contributed by atoms with Gasteiger partial charge in [0.2, 0.25) is 0 Å². The van der Waals surface area contributed by atoms with E-state index in [9.17, 15) is 9.59 Å². The number of ether oxygens (including phenoxy) is 1. The summed E-state index contributed by atoms with van der Waals surface area (Å²) in [5, 5.41) is 2.89. The molecule has 3 rings (SSSR count). The Bertz CT molecular complexity index is 565. The van der Waals surface area contributed by atoms with Crippen LogP contribution < -0.4 is 10.1 Å². The molecular weight excluding hydrogens is 294 g/mol. The van der Waals surface area contributed by atoms with Crippen LogP contribution in [0.25, 0.3) is 0 Å². The number of hydrogen-bond donors (Lipinski definition) is 1. The Morgan fingerprint density at radius 1 is 1.17 bits per heavy atom. The van der Waals surface area contributed by atoms with Gasteiger partial charge in [-0.05, 0) is 43.5 Å². The van der Waals surface area contributed by atoms with Gasteiger partial charge in [0.15, 0.2) is 0 Å². The number of nitrogens with zero attached hydrogens (tertiary/aromatic N) is 2. The number of rotatable bonds is 3. The number of carbonyl (C=O) groups excluding carboxylic acids is 2. The fourth-order valence-electron chi connectivity index (χ4n) is 3.29. The summed E-state index contributed by atoms with van der Waals surface area (Å²) in [5.41, 5.74) is 0.681. The fourth-order valence-corrected chi connectivity index (χ4v) is 3.29. The van der Waals surface area contributed by atoms with Gasteiger partial charge in [-0.15, -0.1) is 0 Å². The lowest BCUT2D eigenvalue weighted by Crippen LogP contribution is -2.54. The third-order valence-corrected chi connectivity index (χ3v) is 4.64. The first-order valence-electron chi connectivity index (χ1n) is 8.17. The fraction of sp³-hybridized carbons (Fsp3) is 0.529. The van der Waals surface area contributed by atoms with E-state index < -0.39 is 0 Å². The summed E-state index contributed by atoms with van der Waals surface area (Å²) < 4.78 is 5.12. The molecule has 2 aliphatic rings. The van der Waals surface area contributed by atoms with Gasteiger partial charge in [-0.1, -0.05) is 0 Å². The first-order chi connectivity index (χ1) is 11.2. The highest BCUT2D eigenvalue weighted by Gasteiger charge is 2.30. The molecule has 0 aromatic heterocycles. The van der Waals surface area contributed by atoms with E-state index in [2.05, 4.69) is 5.32 Å². The molecule has 0 aliphatic carbocycles. The third-order valence-electron chi connectivity index (χ3n) is 4.64. The molecular formula is C17H23N3O3. The Morgan fingerprint density at radius 2 is 1.87 bits per heavy atom. The van der Waals surface area contributed by atoms with E-state index >= 15 is 0 Å². The SMILES string of the molecule is COc1ccc(C(=O)N2CCC(N3CCCNC3=O)CC2)cc1. The van der Waals surface area contributed by atoms with Crippen LogP contribution in [-0.2, 0) is 0 Å². The van der Waals surface area contributed by atoms with Crippen molar-refractivity contribution in [2.24, 2.45) is 0 Å². The molecule has 2 fully saturated rings. The summed E-state index contributed by atoms with van der Waals surface area (Å²) in [6.07, 6.45) is 2.68. The van der Waals surface area contributed by atoms with Gasteiger partial charge in [0.1, 0.15) is 5.75 Å². The van der Waals surface area contributed by atoms with Crippen LogP contribution in [0.2, 0.25) is 0 Å². The topological polar surface area (TPSA) is 61.9 Å². The number of likely N-dealkylation sites (tertiary alicyclic amines) is 1. The summed E-state index contributed by atoms with van der Waals surface area (Å²) in [7, 11) is 1.61. The van der Waals surface area contributed by atoms with E-state index in [-0.39, 0.29) is 18.0 Å². The minimum absolute atomic E-state index is 0.0381. The number of carbonyl (C=O) groups is 2. The molecule has 0 bridgehead atoms. The zero-order chi connectivity index (χ0) is 16.2. The van der Waals surface area contributed by atoms with Gasteiger partial charge in [-0.2, -0.15) is 0 Å². The number of urea groups is 1. The van der Waals surface area contributed by atoms with E-state index in [1.165, 1.54) is 0 Å².